The van der Waals surface area contributed by atoms with Crippen LogP contribution in [0.1, 0.15) is 90.3 Å². The molecule has 0 amide bonds. The van der Waals surface area contributed by atoms with Gasteiger partial charge in [-0.05, 0) is 78.6 Å². The lowest BCUT2D eigenvalue weighted by Crippen LogP contribution is -2.11. The molecule has 0 aliphatic carbocycles. The van der Waals surface area contributed by atoms with Gasteiger partial charge >= 0.3 is 0 Å². The van der Waals surface area contributed by atoms with Gasteiger partial charge in [-0.25, -0.2) is 0 Å². The minimum Gasteiger partial charge on any atom is -0.0845 e. The quantitative estimate of drug-likeness (QED) is 0.250. The molecule has 0 aliphatic rings. The van der Waals surface area contributed by atoms with E-state index < -0.39 is 0 Å². The summed E-state index contributed by atoms with van der Waals surface area (Å²) >= 11 is 3.61. The maximum absolute atomic E-state index is 3.61. The predicted octanol–water partition coefficient (Wildman–Crippen LogP) is 9.31. The van der Waals surface area contributed by atoms with Crippen LogP contribution in [0.2, 0.25) is 0 Å². The molecule has 0 fully saturated rings. The van der Waals surface area contributed by atoms with E-state index in [0.717, 1.165) is 12.8 Å². The molecule has 0 unspecified atom stereocenters. The van der Waals surface area contributed by atoms with E-state index in [4.69, 9.17) is 0 Å². The maximum atomic E-state index is 3.61. The Kier molecular flexibility index (Phi) is 11.5. The number of hydrogen-bond acceptors (Lipinski definition) is 0. The van der Waals surface area contributed by atoms with Crippen molar-refractivity contribution in [2.45, 2.75) is 85.5 Å². The van der Waals surface area contributed by atoms with Crippen LogP contribution in [0.3, 0.4) is 0 Å². The molecule has 1 rings (SSSR count). The van der Waals surface area contributed by atoms with Crippen LogP contribution in [0.25, 0.3) is 6.08 Å². The van der Waals surface area contributed by atoms with E-state index in [1.807, 2.05) is 0 Å². The molecule has 154 valence electrons. The van der Waals surface area contributed by atoms with E-state index in [1.165, 1.54) is 52.4 Å². The third-order valence-electron chi connectivity index (χ3n) is 4.83. The zero-order valence-corrected chi connectivity index (χ0v) is 20.4. The number of unbranched alkanes of at least 4 members (excludes halogenated alkanes) is 2. The highest BCUT2D eigenvalue weighted by molar-refractivity contribution is 9.11. The molecular weight excluding hydrogens is 404 g/mol. The molecule has 1 aromatic carbocycles. The van der Waals surface area contributed by atoms with Crippen LogP contribution in [0.5, 0.6) is 0 Å². The monoisotopic (exact) mass is 442 g/mol. The zero-order chi connectivity index (χ0) is 21.0. The van der Waals surface area contributed by atoms with E-state index in [1.54, 1.807) is 0 Å². The lowest BCUT2D eigenvalue weighted by molar-refractivity contribution is 0.589. The first kappa shape index (κ1) is 24.7. The molecule has 0 aromatic heterocycles. The van der Waals surface area contributed by atoms with Crippen LogP contribution in [-0.2, 0) is 11.8 Å². The summed E-state index contributed by atoms with van der Waals surface area (Å²) in [6, 6.07) is 7.00. The predicted molar refractivity (Wildman–Crippen MR) is 132 cm³/mol. The topological polar surface area (TPSA) is 0 Å². The fourth-order valence-corrected chi connectivity index (χ4v) is 3.31. The molecule has 0 heterocycles. The van der Waals surface area contributed by atoms with Gasteiger partial charge in [-0.3, -0.25) is 0 Å². The SMILES string of the molecule is CCC\C=C/C=C\C=C(/C)CCCCc1ccc(C(C)(C)C)cc1/C=C(\C)Br. The molecule has 1 aromatic rings. The molecule has 0 atom stereocenters. The first-order chi connectivity index (χ1) is 13.2. The summed E-state index contributed by atoms with van der Waals surface area (Å²) in [5.74, 6) is 0. The molecule has 28 heavy (non-hydrogen) atoms. The summed E-state index contributed by atoms with van der Waals surface area (Å²) in [7, 11) is 0. The highest BCUT2D eigenvalue weighted by Crippen LogP contribution is 2.27. The Balaban J connectivity index is 2.61. The van der Waals surface area contributed by atoms with Crippen LogP contribution < -0.4 is 0 Å². The third-order valence-corrected chi connectivity index (χ3v) is 5.06. The molecule has 1 heteroatoms. The van der Waals surface area contributed by atoms with Gasteiger partial charge in [0.05, 0.1) is 0 Å². The van der Waals surface area contributed by atoms with E-state index in [-0.39, 0.29) is 5.41 Å². The van der Waals surface area contributed by atoms with E-state index in [0.29, 0.717) is 0 Å². The van der Waals surface area contributed by atoms with Gasteiger partial charge in [-0.1, -0.05) is 104 Å². The van der Waals surface area contributed by atoms with Crippen molar-refractivity contribution < 1.29 is 0 Å². The standard InChI is InChI=1S/C27H39Br/c1-7-8-9-10-11-12-15-22(2)16-13-14-17-24-18-19-26(27(4,5)6)21-25(24)20-23(3)28/h9-12,15,18-21H,7-8,13-14,16-17H2,1-6H3/b10-9-,12-11-,22-15+,23-20+. The number of aryl methyl sites for hydroxylation is 1. The zero-order valence-electron chi connectivity index (χ0n) is 18.8. The fraction of sp³-hybridized carbons (Fsp3) is 0.481. The maximum Gasteiger partial charge on any atom is -0.00744 e. The average molecular weight is 444 g/mol. The Bertz CT molecular complexity index is 704. The number of rotatable bonds is 10. The third kappa shape index (κ3) is 10.3. The molecule has 0 bridgehead atoms. The van der Waals surface area contributed by atoms with Crippen LogP contribution in [-0.4, -0.2) is 0 Å². The molecule has 0 radical (unpaired) electrons. The summed E-state index contributed by atoms with van der Waals surface area (Å²) in [6.45, 7) is 13.4. The van der Waals surface area contributed by atoms with Crippen LogP contribution in [0.15, 0.2) is 58.6 Å². The van der Waals surface area contributed by atoms with Crippen molar-refractivity contribution in [3.05, 3.63) is 75.3 Å². The second-order valence-electron chi connectivity index (χ2n) is 8.72. The van der Waals surface area contributed by atoms with E-state index in [9.17, 15) is 0 Å². The van der Waals surface area contributed by atoms with Crippen LogP contribution >= 0.6 is 15.9 Å². The Morgan fingerprint density at radius 2 is 1.79 bits per heavy atom. The molecule has 0 aliphatic heterocycles. The lowest BCUT2D eigenvalue weighted by atomic mass is 9.84. The minimum absolute atomic E-state index is 0.183. The van der Waals surface area contributed by atoms with Crippen molar-refractivity contribution in [2.24, 2.45) is 0 Å². The number of hydrogen-bond donors (Lipinski definition) is 0. The van der Waals surface area contributed by atoms with Gasteiger partial charge < -0.3 is 0 Å². The van der Waals surface area contributed by atoms with Crippen molar-refractivity contribution in [1.82, 2.24) is 0 Å². The van der Waals surface area contributed by atoms with Gasteiger partial charge in [-0.15, -0.1) is 0 Å². The molecule has 0 spiro atoms. The minimum atomic E-state index is 0.183. The van der Waals surface area contributed by atoms with Gasteiger partial charge in [0.2, 0.25) is 0 Å². The Labute approximate surface area is 182 Å². The van der Waals surface area contributed by atoms with E-state index in [2.05, 4.69) is 112 Å². The largest absolute Gasteiger partial charge is 0.0845 e. The van der Waals surface area contributed by atoms with Crippen molar-refractivity contribution in [2.75, 3.05) is 0 Å². The summed E-state index contributed by atoms with van der Waals surface area (Å²) in [6.07, 6.45) is 20.3. The highest BCUT2D eigenvalue weighted by atomic mass is 79.9. The lowest BCUT2D eigenvalue weighted by Gasteiger charge is -2.21. The summed E-state index contributed by atoms with van der Waals surface area (Å²) in [5, 5.41) is 0. The van der Waals surface area contributed by atoms with E-state index >= 15 is 0 Å². The number of halogens is 1. The highest BCUT2D eigenvalue weighted by Gasteiger charge is 2.15. The van der Waals surface area contributed by atoms with Gasteiger partial charge in [0, 0.05) is 0 Å². The molecule has 0 nitrogen and oxygen atoms in total. The summed E-state index contributed by atoms with van der Waals surface area (Å²) in [4.78, 5) is 0. The number of benzene rings is 1. The second kappa shape index (κ2) is 13.0. The van der Waals surface area contributed by atoms with Gasteiger partial charge in [-0.2, -0.15) is 0 Å². The van der Waals surface area contributed by atoms with Crippen molar-refractivity contribution in [3.63, 3.8) is 0 Å². The van der Waals surface area contributed by atoms with Gasteiger partial charge in [0.15, 0.2) is 0 Å². The molecule has 0 saturated carbocycles. The fourth-order valence-electron chi connectivity index (χ4n) is 3.07. The molecule has 0 N–H and O–H groups in total. The molecule has 0 saturated heterocycles. The molecular formula is C27H39Br. The average Bonchev–Trinajstić information content (AvgIpc) is 2.61. The first-order valence-electron chi connectivity index (χ1n) is 10.7. The van der Waals surface area contributed by atoms with Crippen molar-refractivity contribution >= 4 is 22.0 Å². The summed E-state index contributed by atoms with van der Waals surface area (Å²) < 4.78 is 1.18. The van der Waals surface area contributed by atoms with Crippen molar-refractivity contribution in [1.29, 1.82) is 0 Å². The number of allylic oxidation sites excluding steroid dienone is 7. The van der Waals surface area contributed by atoms with Gasteiger partial charge in [0.1, 0.15) is 0 Å². The van der Waals surface area contributed by atoms with Crippen LogP contribution in [0, 0.1) is 0 Å². The Hall–Kier alpha value is -1.34. The first-order valence-corrected chi connectivity index (χ1v) is 11.5. The normalized spacial score (nSPS) is 13.8. The Morgan fingerprint density at radius 1 is 1.04 bits per heavy atom. The van der Waals surface area contributed by atoms with Crippen molar-refractivity contribution in [3.8, 4) is 0 Å². The van der Waals surface area contributed by atoms with Crippen LogP contribution in [0.4, 0.5) is 0 Å². The van der Waals surface area contributed by atoms with Gasteiger partial charge in [0.25, 0.3) is 0 Å². The smallest absolute Gasteiger partial charge is 0.00744 e. The Morgan fingerprint density at radius 3 is 2.43 bits per heavy atom. The second-order valence-corrected chi connectivity index (χ2v) is 9.97. The summed E-state index contributed by atoms with van der Waals surface area (Å²) in [5.41, 5.74) is 5.85.